The predicted molar refractivity (Wildman–Crippen MR) is 122 cm³/mol. The minimum Gasteiger partial charge on any atom is -0.491 e. The molecule has 2 rings (SSSR count). The van der Waals surface area contributed by atoms with Crippen LogP contribution in [0.25, 0.3) is 10.1 Å². The molecule has 0 fully saturated rings. The normalized spacial score (nSPS) is 15.1. The third-order valence-electron chi connectivity index (χ3n) is 6.11. The van der Waals surface area contributed by atoms with Crippen LogP contribution < -0.4 is 4.74 Å². The third-order valence-corrected chi connectivity index (χ3v) is 7.31. The molecule has 0 aliphatic heterocycles. The Morgan fingerprint density at radius 2 is 1.61 bits per heavy atom. The Hall–Kier alpha value is -1.09. The van der Waals surface area contributed by atoms with Crippen LogP contribution in [0.2, 0.25) is 0 Å². The number of fused-ring (bicyclic) bond motifs is 1. The van der Waals surface area contributed by atoms with Gasteiger partial charge in [-0.1, -0.05) is 60.3 Å². The van der Waals surface area contributed by atoms with Gasteiger partial charge in [-0.3, -0.25) is 0 Å². The van der Waals surface area contributed by atoms with Crippen LogP contribution in [0.4, 0.5) is 4.39 Å². The fourth-order valence-electron chi connectivity index (χ4n) is 3.74. The molecule has 158 valence electrons. The average molecular weight is 407 g/mol. The van der Waals surface area contributed by atoms with Crippen molar-refractivity contribution in [2.24, 2.45) is 23.7 Å². The van der Waals surface area contributed by atoms with Crippen LogP contribution in [0.15, 0.2) is 18.2 Å². The van der Waals surface area contributed by atoms with Crippen molar-refractivity contribution in [1.82, 2.24) is 0 Å². The van der Waals surface area contributed by atoms with E-state index in [1.807, 2.05) is 13.0 Å². The van der Waals surface area contributed by atoms with Gasteiger partial charge in [0.2, 0.25) is 0 Å². The predicted octanol–water partition coefficient (Wildman–Crippen LogP) is 8.50. The first kappa shape index (κ1) is 23.2. The SMILES string of the molecule is CCOc1ccc2cc(CCC(C)CCC(C)C(C)CCC(C)C)sc2c1F. The quantitative estimate of drug-likeness (QED) is 0.343. The molecule has 0 saturated heterocycles. The van der Waals surface area contributed by atoms with Gasteiger partial charge in [-0.25, -0.2) is 4.39 Å². The highest BCUT2D eigenvalue weighted by Crippen LogP contribution is 2.34. The van der Waals surface area contributed by atoms with E-state index in [2.05, 4.69) is 40.7 Å². The van der Waals surface area contributed by atoms with E-state index in [4.69, 9.17) is 4.74 Å². The van der Waals surface area contributed by atoms with Gasteiger partial charge in [0.05, 0.1) is 11.3 Å². The lowest BCUT2D eigenvalue weighted by Gasteiger charge is -2.22. The second kappa shape index (κ2) is 11.2. The summed E-state index contributed by atoms with van der Waals surface area (Å²) in [6.07, 6.45) is 7.53. The first-order chi connectivity index (χ1) is 13.3. The zero-order valence-corrected chi connectivity index (χ0v) is 19.5. The molecule has 28 heavy (non-hydrogen) atoms. The van der Waals surface area contributed by atoms with E-state index in [-0.39, 0.29) is 5.82 Å². The summed E-state index contributed by atoms with van der Waals surface area (Å²) in [4.78, 5) is 1.28. The second-order valence-corrected chi connectivity index (χ2v) is 10.2. The Morgan fingerprint density at radius 3 is 2.25 bits per heavy atom. The molecular formula is C25H39FOS. The molecule has 0 spiro atoms. The monoisotopic (exact) mass is 406 g/mol. The summed E-state index contributed by atoms with van der Waals surface area (Å²) >= 11 is 1.59. The highest BCUT2D eigenvalue weighted by Gasteiger charge is 2.15. The zero-order valence-electron chi connectivity index (χ0n) is 18.7. The molecule has 0 amide bonds. The highest BCUT2D eigenvalue weighted by atomic mass is 32.1. The van der Waals surface area contributed by atoms with Crippen molar-refractivity contribution >= 4 is 21.4 Å². The molecule has 0 bridgehead atoms. The van der Waals surface area contributed by atoms with Gasteiger partial charge in [0, 0.05) is 4.88 Å². The van der Waals surface area contributed by atoms with E-state index in [0.717, 1.165) is 34.3 Å². The number of ether oxygens (including phenoxy) is 1. The summed E-state index contributed by atoms with van der Waals surface area (Å²) in [6, 6.07) is 5.89. The molecule has 0 aliphatic rings. The Morgan fingerprint density at radius 1 is 0.929 bits per heavy atom. The summed E-state index contributed by atoms with van der Waals surface area (Å²) in [5.74, 6) is 3.32. The van der Waals surface area contributed by atoms with Crippen LogP contribution in [0.1, 0.15) is 78.5 Å². The summed E-state index contributed by atoms with van der Waals surface area (Å²) < 4.78 is 20.7. The molecule has 1 nitrogen and oxygen atoms in total. The van der Waals surface area contributed by atoms with E-state index in [1.165, 1.54) is 37.0 Å². The number of hydrogen-bond donors (Lipinski definition) is 0. The maximum Gasteiger partial charge on any atom is 0.182 e. The van der Waals surface area contributed by atoms with Crippen LogP contribution in [0.5, 0.6) is 5.75 Å². The Bertz CT molecular complexity index is 721. The Labute approximate surface area is 175 Å². The van der Waals surface area contributed by atoms with Gasteiger partial charge < -0.3 is 4.74 Å². The number of rotatable bonds is 12. The Balaban J connectivity index is 1.82. The first-order valence-electron chi connectivity index (χ1n) is 11.2. The lowest BCUT2D eigenvalue weighted by molar-refractivity contribution is 0.296. The molecular weight excluding hydrogens is 367 g/mol. The molecule has 0 aliphatic carbocycles. The Kier molecular flexibility index (Phi) is 9.27. The number of hydrogen-bond acceptors (Lipinski definition) is 2. The average Bonchev–Trinajstić information content (AvgIpc) is 3.08. The maximum atomic E-state index is 14.6. The minimum absolute atomic E-state index is 0.201. The third kappa shape index (κ3) is 6.76. The van der Waals surface area contributed by atoms with Gasteiger partial charge in [-0.05, 0) is 67.0 Å². The molecule has 0 N–H and O–H groups in total. The second-order valence-electron chi connectivity index (χ2n) is 9.09. The molecule has 0 saturated carbocycles. The van der Waals surface area contributed by atoms with Crippen LogP contribution in [-0.2, 0) is 6.42 Å². The van der Waals surface area contributed by atoms with Crippen molar-refractivity contribution in [3.8, 4) is 5.75 Å². The number of halogens is 1. The van der Waals surface area contributed by atoms with Crippen molar-refractivity contribution in [2.45, 2.75) is 80.1 Å². The molecule has 1 aromatic carbocycles. The standard InChI is InChI=1S/C25H39FOS/c1-7-27-23-15-13-21-16-22(28-25(21)24(23)26)14-10-18(4)9-12-20(6)19(5)11-8-17(2)3/h13,15-20H,7-12,14H2,1-6H3. The molecule has 2 aromatic rings. The van der Waals surface area contributed by atoms with E-state index in [0.29, 0.717) is 18.3 Å². The fraction of sp³-hybridized carbons (Fsp3) is 0.680. The van der Waals surface area contributed by atoms with Crippen molar-refractivity contribution in [2.75, 3.05) is 6.61 Å². The van der Waals surface area contributed by atoms with Crippen molar-refractivity contribution in [3.63, 3.8) is 0 Å². The van der Waals surface area contributed by atoms with Gasteiger partial charge in [-0.2, -0.15) is 0 Å². The first-order valence-corrected chi connectivity index (χ1v) is 12.0. The van der Waals surface area contributed by atoms with Gasteiger partial charge in [-0.15, -0.1) is 11.3 Å². The lowest BCUT2D eigenvalue weighted by atomic mass is 9.84. The van der Waals surface area contributed by atoms with E-state index >= 15 is 0 Å². The van der Waals surface area contributed by atoms with Gasteiger partial charge in [0.25, 0.3) is 0 Å². The van der Waals surface area contributed by atoms with Crippen molar-refractivity contribution in [1.29, 1.82) is 0 Å². The van der Waals surface area contributed by atoms with Crippen LogP contribution >= 0.6 is 11.3 Å². The molecule has 0 radical (unpaired) electrons. The fourth-order valence-corrected chi connectivity index (χ4v) is 4.84. The largest absolute Gasteiger partial charge is 0.491 e. The van der Waals surface area contributed by atoms with Gasteiger partial charge in [0.1, 0.15) is 0 Å². The van der Waals surface area contributed by atoms with Crippen molar-refractivity contribution < 1.29 is 9.13 Å². The van der Waals surface area contributed by atoms with Gasteiger partial charge >= 0.3 is 0 Å². The van der Waals surface area contributed by atoms with Crippen LogP contribution in [0, 0.1) is 29.5 Å². The van der Waals surface area contributed by atoms with Gasteiger partial charge in [0.15, 0.2) is 11.6 Å². The maximum absolute atomic E-state index is 14.6. The molecule has 3 atom stereocenters. The van der Waals surface area contributed by atoms with E-state index in [9.17, 15) is 4.39 Å². The number of benzene rings is 1. The van der Waals surface area contributed by atoms with E-state index in [1.54, 1.807) is 17.4 Å². The molecule has 3 unspecified atom stereocenters. The molecule has 3 heteroatoms. The topological polar surface area (TPSA) is 9.23 Å². The summed E-state index contributed by atoms with van der Waals surface area (Å²) in [7, 11) is 0. The van der Waals surface area contributed by atoms with Crippen LogP contribution in [0.3, 0.4) is 0 Å². The highest BCUT2D eigenvalue weighted by molar-refractivity contribution is 7.19. The van der Waals surface area contributed by atoms with E-state index < -0.39 is 0 Å². The number of aryl methyl sites for hydroxylation is 1. The summed E-state index contributed by atoms with van der Waals surface area (Å²) in [5.41, 5.74) is 0. The summed E-state index contributed by atoms with van der Waals surface area (Å²) in [5, 5.41) is 1.00. The number of thiophene rings is 1. The zero-order chi connectivity index (χ0) is 20.7. The van der Waals surface area contributed by atoms with Crippen molar-refractivity contribution in [3.05, 3.63) is 28.9 Å². The minimum atomic E-state index is -0.201. The smallest absolute Gasteiger partial charge is 0.182 e. The summed E-state index contributed by atoms with van der Waals surface area (Å²) in [6.45, 7) is 14.2. The molecule has 1 aromatic heterocycles. The van der Waals surface area contributed by atoms with Crippen LogP contribution in [-0.4, -0.2) is 6.61 Å². The lowest BCUT2D eigenvalue weighted by Crippen LogP contribution is -2.11. The molecule has 1 heterocycles.